The van der Waals surface area contributed by atoms with Crippen LogP contribution in [0.2, 0.25) is 5.02 Å². The van der Waals surface area contributed by atoms with Gasteiger partial charge >= 0.3 is 0 Å². The maximum Gasteiger partial charge on any atom is 0.243 e. The summed E-state index contributed by atoms with van der Waals surface area (Å²) in [4.78, 5) is 0.264. The summed E-state index contributed by atoms with van der Waals surface area (Å²) in [5.41, 5.74) is 1.85. The van der Waals surface area contributed by atoms with Gasteiger partial charge in [0.15, 0.2) is 5.11 Å². The van der Waals surface area contributed by atoms with Crippen molar-refractivity contribution in [3.8, 4) is 0 Å². The summed E-state index contributed by atoms with van der Waals surface area (Å²) in [6.07, 6.45) is 0.791. The first-order valence-electron chi connectivity index (χ1n) is 8.92. The molecule has 1 aliphatic rings. The van der Waals surface area contributed by atoms with Crippen molar-refractivity contribution >= 4 is 44.6 Å². The predicted molar refractivity (Wildman–Crippen MR) is 115 cm³/mol. The molecule has 0 unspecified atom stereocenters. The van der Waals surface area contributed by atoms with Crippen molar-refractivity contribution in [3.05, 3.63) is 59.1 Å². The lowest BCUT2D eigenvalue weighted by Crippen LogP contribution is -2.40. The minimum absolute atomic E-state index is 0.264. The van der Waals surface area contributed by atoms with Crippen LogP contribution < -0.4 is 10.6 Å². The van der Waals surface area contributed by atoms with Crippen molar-refractivity contribution in [2.24, 2.45) is 0 Å². The zero-order valence-electron chi connectivity index (χ0n) is 15.2. The highest BCUT2D eigenvalue weighted by Gasteiger charge is 2.26. The van der Waals surface area contributed by atoms with Gasteiger partial charge in [-0.25, -0.2) is 8.42 Å². The molecule has 9 heteroatoms. The van der Waals surface area contributed by atoms with Gasteiger partial charge in [0.2, 0.25) is 10.0 Å². The van der Waals surface area contributed by atoms with Crippen molar-refractivity contribution in [3.63, 3.8) is 0 Å². The summed E-state index contributed by atoms with van der Waals surface area (Å²) in [6, 6.07) is 14.3. The number of thiocarbonyl (C=S) groups is 1. The van der Waals surface area contributed by atoms with Crippen molar-refractivity contribution in [1.29, 1.82) is 0 Å². The summed E-state index contributed by atoms with van der Waals surface area (Å²) in [6.45, 7) is 2.27. The molecule has 0 aliphatic carbocycles. The molecule has 150 valence electrons. The molecule has 0 aromatic heterocycles. The first kappa shape index (κ1) is 21.0. The third-order valence-corrected chi connectivity index (χ3v) is 6.70. The Hall–Kier alpha value is -1.71. The molecule has 0 amide bonds. The van der Waals surface area contributed by atoms with E-state index in [4.69, 9.17) is 28.6 Å². The molecule has 0 saturated carbocycles. The molecule has 3 rings (SSSR count). The van der Waals surface area contributed by atoms with E-state index in [0.29, 0.717) is 43.0 Å². The van der Waals surface area contributed by atoms with Gasteiger partial charge in [0.25, 0.3) is 0 Å². The van der Waals surface area contributed by atoms with Gasteiger partial charge in [0.1, 0.15) is 0 Å². The standard InChI is InChI=1S/C19H22ClN3O3S2/c20-16-3-1-2-15(14-16)8-9-21-19(27)22-17-4-6-18(7-5-17)28(24,25)23-10-12-26-13-11-23/h1-7,14H,8-13H2,(H2,21,22,27). The number of hydrogen-bond acceptors (Lipinski definition) is 4. The van der Waals surface area contributed by atoms with Crippen molar-refractivity contribution in [1.82, 2.24) is 9.62 Å². The maximum absolute atomic E-state index is 12.6. The molecule has 1 heterocycles. The largest absolute Gasteiger partial charge is 0.379 e. The topological polar surface area (TPSA) is 70.7 Å². The molecule has 2 aromatic carbocycles. The summed E-state index contributed by atoms with van der Waals surface area (Å²) < 4.78 is 31.9. The highest BCUT2D eigenvalue weighted by atomic mass is 35.5. The molecule has 0 atom stereocenters. The predicted octanol–water partition coefficient (Wildman–Crippen LogP) is 2.89. The first-order chi connectivity index (χ1) is 13.4. The molecular weight excluding hydrogens is 418 g/mol. The molecule has 0 bridgehead atoms. The minimum Gasteiger partial charge on any atom is -0.379 e. The zero-order valence-corrected chi connectivity index (χ0v) is 17.6. The monoisotopic (exact) mass is 439 g/mol. The molecule has 0 spiro atoms. The smallest absolute Gasteiger partial charge is 0.243 e. The lowest BCUT2D eigenvalue weighted by atomic mass is 10.1. The Bertz CT molecular complexity index is 914. The lowest BCUT2D eigenvalue weighted by molar-refractivity contribution is 0.0730. The number of benzene rings is 2. The van der Waals surface area contributed by atoms with Gasteiger partial charge in [-0.1, -0.05) is 23.7 Å². The van der Waals surface area contributed by atoms with Crippen LogP contribution in [0.1, 0.15) is 5.56 Å². The average Bonchev–Trinajstić information content (AvgIpc) is 2.69. The van der Waals surface area contributed by atoms with Gasteiger partial charge in [0, 0.05) is 30.3 Å². The molecule has 1 fully saturated rings. The number of morpholine rings is 1. The van der Waals surface area contributed by atoms with Crippen LogP contribution in [0, 0.1) is 0 Å². The third-order valence-electron chi connectivity index (χ3n) is 4.31. The van der Waals surface area contributed by atoms with Gasteiger partial charge in [-0.05, 0) is 60.6 Å². The number of nitrogens with zero attached hydrogens (tertiary/aromatic N) is 1. The number of ether oxygens (including phenoxy) is 1. The van der Waals surface area contributed by atoms with Crippen LogP contribution in [0.25, 0.3) is 0 Å². The Labute approximate surface area is 175 Å². The normalized spacial score (nSPS) is 15.2. The van der Waals surface area contributed by atoms with Crippen LogP contribution in [0.4, 0.5) is 5.69 Å². The minimum atomic E-state index is -3.49. The molecule has 1 aliphatic heterocycles. The molecule has 2 aromatic rings. The van der Waals surface area contributed by atoms with E-state index >= 15 is 0 Å². The van der Waals surface area contributed by atoms with E-state index < -0.39 is 10.0 Å². The fraction of sp³-hybridized carbons (Fsp3) is 0.316. The third kappa shape index (κ3) is 5.65. The SMILES string of the molecule is O=S(=O)(c1ccc(NC(=S)NCCc2cccc(Cl)c2)cc1)N1CCOCC1. The Kier molecular flexibility index (Phi) is 7.25. The second-order valence-corrected chi connectivity index (χ2v) is 9.08. The van der Waals surface area contributed by atoms with E-state index in [2.05, 4.69) is 10.6 Å². The van der Waals surface area contributed by atoms with Gasteiger partial charge in [0.05, 0.1) is 18.1 Å². The Morgan fingerprint density at radius 2 is 1.86 bits per heavy atom. The average molecular weight is 440 g/mol. The van der Waals surface area contributed by atoms with E-state index in [1.165, 1.54) is 4.31 Å². The van der Waals surface area contributed by atoms with Gasteiger partial charge in [-0.2, -0.15) is 4.31 Å². The molecule has 2 N–H and O–H groups in total. The number of halogens is 1. The van der Waals surface area contributed by atoms with Crippen LogP contribution in [0.15, 0.2) is 53.4 Å². The van der Waals surface area contributed by atoms with Crippen molar-refractivity contribution in [2.45, 2.75) is 11.3 Å². The summed E-state index contributed by atoms with van der Waals surface area (Å²) in [5, 5.41) is 7.39. The van der Waals surface area contributed by atoms with E-state index in [-0.39, 0.29) is 4.90 Å². The van der Waals surface area contributed by atoms with Crippen LogP contribution in [0.3, 0.4) is 0 Å². The van der Waals surface area contributed by atoms with Crippen molar-refractivity contribution in [2.75, 3.05) is 38.2 Å². The second kappa shape index (κ2) is 9.67. The number of sulfonamides is 1. The van der Waals surface area contributed by atoms with Crippen LogP contribution >= 0.6 is 23.8 Å². The molecular formula is C19H22ClN3O3S2. The maximum atomic E-state index is 12.6. The van der Waals surface area contributed by atoms with E-state index in [0.717, 1.165) is 17.7 Å². The molecule has 1 saturated heterocycles. The molecule has 6 nitrogen and oxygen atoms in total. The Morgan fingerprint density at radius 3 is 2.54 bits per heavy atom. The molecule has 28 heavy (non-hydrogen) atoms. The first-order valence-corrected chi connectivity index (χ1v) is 11.1. The summed E-state index contributed by atoms with van der Waals surface area (Å²) >= 11 is 11.3. The fourth-order valence-corrected chi connectivity index (χ4v) is 4.68. The quantitative estimate of drug-likeness (QED) is 0.674. The van der Waals surface area contributed by atoms with Gasteiger partial charge in [-0.15, -0.1) is 0 Å². The number of rotatable bonds is 6. The number of anilines is 1. The highest BCUT2D eigenvalue weighted by Crippen LogP contribution is 2.19. The summed E-state index contributed by atoms with van der Waals surface area (Å²) in [5.74, 6) is 0. The van der Waals surface area contributed by atoms with Crippen LogP contribution in [-0.4, -0.2) is 50.7 Å². The van der Waals surface area contributed by atoms with Crippen LogP contribution in [0.5, 0.6) is 0 Å². The summed E-state index contributed by atoms with van der Waals surface area (Å²) in [7, 11) is -3.49. The highest BCUT2D eigenvalue weighted by molar-refractivity contribution is 7.89. The second-order valence-electron chi connectivity index (χ2n) is 6.30. The van der Waals surface area contributed by atoms with Crippen LogP contribution in [-0.2, 0) is 21.2 Å². The number of nitrogens with one attached hydrogen (secondary N) is 2. The van der Waals surface area contributed by atoms with E-state index in [1.54, 1.807) is 24.3 Å². The van der Waals surface area contributed by atoms with E-state index in [1.807, 2.05) is 24.3 Å². The van der Waals surface area contributed by atoms with E-state index in [9.17, 15) is 8.42 Å². The lowest BCUT2D eigenvalue weighted by Gasteiger charge is -2.26. The van der Waals surface area contributed by atoms with Gasteiger partial charge in [-0.3, -0.25) is 0 Å². The van der Waals surface area contributed by atoms with Crippen molar-refractivity contribution < 1.29 is 13.2 Å². The zero-order chi connectivity index (χ0) is 20.0. The Balaban J connectivity index is 1.51. The molecule has 0 radical (unpaired) electrons. The van der Waals surface area contributed by atoms with Gasteiger partial charge < -0.3 is 15.4 Å². The fourth-order valence-electron chi connectivity index (χ4n) is 2.83. The number of hydrogen-bond donors (Lipinski definition) is 2. The Morgan fingerprint density at radius 1 is 1.14 bits per heavy atom.